The van der Waals surface area contributed by atoms with Crippen LogP contribution in [0.3, 0.4) is 0 Å². The van der Waals surface area contributed by atoms with Gasteiger partial charge in [0.25, 0.3) is 0 Å². The molecule has 0 aliphatic rings. The lowest BCUT2D eigenvalue weighted by atomic mass is 10.1. The minimum absolute atomic E-state index is 0.713. The molecular weight excluding hydrogens is 374 g/mol. The topological polar surface area (TPSA) is 130 Å². The zero-order chi connectivity index (χ0) is 20.2. The Hall–Kier alpha value is -2.56. The van der Waals surface area contributed by atoms with E-state index in [1.807, 2.05) is 37.3 Å². The largest absolute Gasteiger partial charge is 0.381 e. The fourth-order valence-electron chi connectivity index (χ4n) is 2.41. The molecule has 9 nitrogen and oxygen atoms in total. The Morgan fingerprint density at radius 1 is 1.07 bits per heavy atom. The lowest BCUT2D eigenvalue weighted by Crippen LogP contribution is -2.68. The smallest absolute Gasteiger partial charge is 0.378 e. The first-order chi connectivity index (χ1) is 12.5. The molecule has 0 N–H and O–H groups in total. The summed E-state index contributed by atoms with van der Waals surface area (Å²) in [5.41, 5.74) is 4.37. The van der Waals surface area contributed by atoms with E-state index in [2.05, 4.69) is 57.4 Å². The van der Waals surface area contributed by atoms with Gasteiger partial charge in [-0.25, -0.2) is 18.6 Å². The quantitative estimate of drug-likeness (QED) is 0.444. The molecule has 1 aromatic carbocycles. The maximum Gasteiger partial charge on any atom is 0.381 e. The molecule has 0 radical (unpaired) electrons. The number of halogens is 1. The average Bonchev–Trinajstić information content (AvgIpc) is 2.92. The van der Waals surface area contributed by atoms with Crippen molar-refractivity contribution in [3.8, 4) is 0 Å². The second kappa shape index (κ2) is 8.42. The molecule has 27 heavy (non-hydrogen) atoms. The summed E-state index contributed by atoms with van der Waals surface area (Å²) in [6, 6.07) is 10.5. The summed E-state index contributed by atoms with van der Waals surface area (Å²) in [6.07, 6.45) is 5.96. The van der Waals surface area contributed by atoms with Crippen LogP contribution in [0.2, 0.25) is 0 Å². The number of fused-ring (bicyclic) bond motifs is 1. The van der Waals surface area contributed by atoms with E-state index in [0.29, 0.717) is 5.78 Å². The summed E-state index contributed by atoms with van der Waals surface area (Å²) in [4.78, 5) is 10.8. The molecule has 0 amide bonds. The second-order valence-electron chi connectivity index (χ2n) is 5.95. The summed E-state index contributed by atoms with van der Waals surface area (Å²) < 4.78 is 37.9. The van der Waals surface area contributed by atoms with Gasteiger partial charge < -0.3 is 4.90 Å². The van der Waals surface area contributed by atoms with Gasteiger partial charge in [0.15, 0.2) is 0 Å². The molecule has 0 spiro atoms. The van der Waals surface area contributed by atoms with Gasteiger partial charge in [0.1, 0.15) is 7.05 Å². The maximum atomic E-state index is 8.49. The van der Waals surface area contributed by atoms with Crippen LogP contribution < -0.4 is 28.2 Å². The fourth-order valence-corrected chi connectivity index (χ4v) is 2.41. The Kier molecular flexibility index (Phi) is 6.47. The van der Waals surface area contributed by atoms with Crippen molar-refractivity contribution in [3.05, 3.63) is 53.6 Å². The van der Waals surface area contributed by atoms with Crippen molar-refractivity contribution in [1.29, 1.82) is 0 Å². The lowest BCUT2D eigenvalue weighted by Gasteiger charge is -2.17. The average molecular weight is 394 g/mol. The second-order valence-corrected chi connectivity index (χ2v) is 6.71. The summed E-state index contributed by atoms with van der Waals surface area (Å²) in [5.74, 6) is 0.713. The molecule has 10 heteroatoms. The molecule has 144 valence electrons. The maximum absolute atomic E-state index is 8.49. The molecule has 0 aliphatic carbocycles. The normalized spacial score (nSPS) is 11.6. The third-order valence-corrected chi connectivity index (χ3v) is 3.58. The van der Waals surface area contributed by atoms with Crippen LogP contribution in [0.4, 0.5) is 5.69 Å². The molecule has 2 aromatic heterocycles. The Balaban J connectivity index is 0.000000465. The SMILES string of the molecule is Cc1cc(C=Cc2ccc(N(C)C)cc2)n2c(nc[n+]2C)n1.[O-][Cl+3]([O-])([O-])[O-]. The van der Waals surface area contributed by atoms with Crippen molar-refractivity contribution in [1.82, 2.24) is 14.5 Å². The molecule has 0 aliphatic heterocycles. The minimum Gasteiger partial charge on any atom is -0.378 e. The third-order valence-electron chi connectivity index (χ3n) is 3.58. The van der Waals surface area contributed by atoms with Gasteiger partial charge >= 0.3 is 12.1 Å². The molecular formula is C17H20ClN5O4. The first-order valence-corrected chi connectivity index (χ1v) is 9.06. The molecule has 0 bridgehead atoms. The predicted octanol–water partition coefficient (Wildman–Crippen LogP) is -2.66. The first kappa shape index (κ1) is 20.7. The number of aromatic nitrogens is 4. The summed E-state index contributed by atoms with van der Waals surface area (Å²) in [6.45, 7) is 1.98. The highest BCUT2D eigenvalue weighted by atomic mass is 35.7. The number of rotatable bonds is 3. The Labute approximate surface area is 158 Å². The van der Waals surface area contributed by atoms with Crippen molar-refractivity contribution in [2.45, 2.75) is 6.92 Å². The van der Waals surface area contributed by atoms with E-state index in [1.165, 1.54) is 5.69 Å². The van der Waals surface area contributed by atoms with E-state index in [4.69, 9.17) is 18.6 Å². The Morgan fingerprint density at radius 2 is 1.67 bits per heavy atom. The van der Waals surface area contributed by atoms with E-state index in [0.717, 1.165) is 17.0 Å². The highest BCUT2D eigenvalue weighted by molar-refractivity contribution is 5.69. The van der Waals surface area contributed by atoms with Gasteiger partial charge in [-0.3, -0.25) is 0 Å². The molecule has 0 saturated carbocycles. The number of benzene rings is 1. The van der Waals surface area contributed by atoms with E-state index in [-0.39, 0.29) is 0 Å². The molecule has 2 heterocycles. The van der Waals surface area contributed by atoms with E-state index in [1.54, 1.807) is 6.33 Å². The fraction of sp³-hybridized carbons (Fsp3) is 0.235. The highest BCUT2D eigenvalue weighted by Gasteiger charge is 2.11. The van der Waals surface area contributed by atoms with Gasteiger partial charge in [0.2, 0.25) is 0 Å². The number of hydrogen-bond acceptors (Lipinski definition) is 7. The molecule has 3 rings (SSSR count). The van der Waals surface area contributed by atoms with Gasteiger partial charge in [0, 0.05) is 25.5 Å². The standard InChI is InChI=1S/C17H20N5.ClHO4/c1-13-11-16(22-17(19-13)18-12-21(22)4)10-7-14-5-8-15(9-6-14)20(2)3;2-1(3,4)5/h5-12H,1-4H3;(H,2,3,4,5)/q+1;/p-1. The van der Waals surface area contributed by atoms with E-state index in [9.17, 15) is 0 Å². The number of nitrogens with zero attached hydrogens (tertiary/aromatic N) is 5. The van der Waals surface area contributed by atoms with Crippen LogP contribution in [-0.2, 0) is 7.05 Å². The molecule has 0 saturated heterocycles. The van der Waals surface area contributed by atoms with Gasteiger partial charge in [0.05, 0.1) is 5.69 Å². The number of anilines is 1. The van der Waals surface area contributed by atoms with Crippen molar-refractivity contribution < 1.29 is 33.6 Å². The van der Waals surface area contributed by atoms with Gasteiger partial charge in [-0.1, -0.05) is 18.2 Å². The lowest BCUT2D eigenvalue weighted by molar-refractivity contribution is -2.00. The summed E-state index contributed by atoms with van der Waals surface area (Å²) >= 11 is 0. The van der Waals surface area contributed by atoms with E-state index < -0.39 is 10.2 Å². The predicted molar refractivity (Wildman–Crippen MR) is 88.6 cm³/mol. The monoisotopic (exact) mass is 393 g/mol. The number of hydrogen-bond donors (Lipinski definition) is 0. The van der Waals surface area contributed by atoms with Crippen LogP contribution >= 0.6 is 0 Å². The molecule has 0 unspecified atom stereocenters. The third kappa shape index (κ3) is 6.27. The zero-order valence-electron chi connectivity index (χ0n) is 15.4. The minimum atomic E-state index is -4.94. The van der Waals surface area contributed by atoms with Crippen molar-refractivity contribution >= 4 is 23.6 Å². The van der Waals surface area contributed by atoms with Gasteiger partial charge in [-0.15, -0.1) is 14.8 Å². The van der Waals surface area contributed by atoms with Crippen LogP contribution in [-0.4, -0.2) is 28.6 Å². The molecule has 3 aromatic rings. The van der Waals surface area contributed by atoms with Gasteiger partial charge in [-0.05, 0) is 41.7 Å². The summed E-state index contributed by atoms with van der Waals surface area (Å²) in [5, 5.41) is 0. The Bertz CT molecular complexity index is 927. The highest BCUT2D eigenvalue weighted by Crippen LogP contribution is 2.15. The summed E-state index contributed by atoms with van der Waals surface area (Å²) in [7, 11) is 1.10. The van der Waals surface area contributed by atoms with Crippen LogP contribution in [0.25, 0.3) is 17.9 Å². The molecule has 0 fully saturated rings. The van der Waals surface area contributed by atoms with Crippen LogP contribution in [0.1, 0.15) is 17.0 Å². The Morgan fingerprint density at radius 3 is 2.22 bits per heavy atom. The zero-order valence-corrected chi connectivity index (χ0v) is 16.1. The molecule has 0 atom stereocenters. The van der Waals surface area contributed by atoms with Crippen LogP contribution in [0, 0.1) is 17.2 Å². The van der Waals surface area contributed by atoms with Gasteiger partial charge in [-0.2, -0.15) is 9.67 Å². The van der Waals surface area contributed by atoms with Crippen LogP contribution in [0.5, 0.6) is 0 Å². The van der Waals surface area contributed by atoms with Crippen molar-refractivity contribution in [3.63, 3.8) is 0 Å². The van der Waals surface area contributed by atoms with E-state index >= 15 is 0 Å². The van der Waals surface area contributed by atoms with Crippen molar-refractivity contribution in [2.75, 3.05) is 19.0 Å². The number of aryl methyl sites for hydroxylation is 2. The van der Waals surface area contributed by atoms with Crippen molar-refractivity contribution in [2.24, 2.45) is 7.05 Å². The van der Waals surface area contributed by atoms with Crippen LogP contribution in [0.15, 0.2) is 36.7 Å². The first-order valence-electron chi connectivity index (χ1n) is 7.83.